The van der Waals surface area contributed by atoms with Crippen LogP contribution >= 0.6 is 0 Å². The zero-order chi connectivity index (χ0) is 10.9. The Balaban J connectivity index is 2.21. The third-order valence-electron chi connectivity index (χ3n) is 3.51. The summed E-state index contributed by atoms with van der Waals surface area (Å²) in [6, 6.07) is 0. The molecule has 0 heterocycles. The van der Waals surface area contributed by atoms with E-state index in [2.05, 4.69) is 11.8 Å². The first kappa shape index (κ1) is 13.0. The van der Waals surface area contributed by atoms with Crippen LogP contribution in [0.2, 0.25) is 0 Å². The fourth-order valence-electron chi connectivity index (χ4n) is 2.59. The van der Waals surface area contributed by atoms with Crippen molar-refractivity contribution in [1.29, 1.82) is 0 Å². The average Bonchev–Trinajstić information content (AvgIpc) is 2.28. The van der Waals surface area contributed by atoms with Crippen molar-refractivity contribution in [2.75, 3.05) is 26.2 Å². The molecule has 0 atom stereocenters. The van der Waals surface area contributed by atoms with E-state index in [1.165, 1.54) is 58.0 Å². The molecule has 0 aromatic carbocycles. The molecule has 2 heteroatoms. The van der Waals surface area contributed by atoms with E-state index in [0.717, 1.165) is 19.0 Å². The zero-order valence-corrected chi connectivity index (χ0v) is 10.4. The normalized spacial score (nSPS) is 18.6. The maximum Gasteiger partial charge on any atom is 0.0105 e. The quantitative estimate of drug-likeness (QED) is 0.703. The second-order valence-corrected chi connectivity index (χ2v) is 4.95. The summed E-state index contributed by atoms with van der Waals surface area (Å²) < 4.78 is 0. The van der Waals surface area contributed by atoms with Gasteiger partial charge in [0.05, 0.1) is 0 Å². The van der Waals surface area contributed by atoms with Gasteiger partial charge in [-0.1, -0.05) is 32.6 Å². The second kappa shape index (κ2) is 8.12. The molecule has 0 bridgehead atoms. The van der Waals surface area contributed by atoms with Crippen LogP contribution in [0.4, 0.5) is 0 Å². The lowest BCUT2D eigenvalue weighted by Gasteiger charge is -2.29. The fourth-order valence-corrected chi connectivity index (χ4v) is 2.59. The van der Waals surface area contributed by atoms with Crippen molar-refractivity contribution < 1.29 is 0 Å². The van der Waals surface area contributed by atoms with Crippen molar-refractivity contribution >= 4 is 0 Å². The van der Waals surface area contributed by atoms with Crippen molar-refractivity contribution in [3.8, 4) is 0 Å². The van der Waals surface area contributed by atoms with Gasteiger partial charge in [-0.15, -0.1) is 0 Å². The molecule has 0 amide bonds. The number of hydrogen-bond acceptors (Lipinski definition) is 2. The summed E-state index contributed by atoms with van der Waals surface area (Å²) >= 11 is 0. The Morgan fingerprint density at radius 2 is 1.87 bits per heavy atom. The predicted octanol–water partition coefficient (Wildman–Crippen LogP) is 2.63. The molecule has 0 aliphatic heterocycles. The molecule has 15 heavy (non-hydrogen) atoms. The van der Waals surface area contributed by atoms with Gasteiger partial charge < -0.3 is 10.6 Å². The molecule has 0 radical (unpaired) electrons. The number of unbranched alkanes of at least 4 members (excludes halogenated alkanes) is 1. The maximum atomic E-state index is 5.66. The Kier molecular flexibility index (Phi) is 7.03. The molecule has 1 rings (SSSR count). The SMILES string of the molecule is CCCCN(CCN)CC1CCCCC1. The largest absolute Gasteiger partial charge is 0.329 e. The summed E-state index contributed by atoms with van der Waals surface area (Å²) in [5, 5.41) is 0. The molecular formula is C13H28N2. The van der Waals surface area contributed by atoms with Gasteiger partial charge in [0.1, 0.15) is 0 Å². The minimum absolute atomic E-state index is 0.816. The molecule has 0 saturated heterocycles. The third kappa shape index (κ3) is 5.53. The minimum Gasteiger partial charge on any atom is -0.329 e. The lowest BCUT2D eigenvalue weighted by atomic mass is 9.89. The Morgan fingerprint density at radius 3 is 2.47 bits per heavy atom. The van der Waals surface area contributed by atoms with Gasteiger partial charge in [-0.25, -0.2) is 0 Å². The molecule has 2 N–H and O–H groups in total. The summed E-state index contributed by atoms with van der Waals surface area (Å²) in [4.78, 5) is 2.58. The van der Waals surface area contributed by atoms with Gasteiger partial charge in [0, 0.05) is 19.6 Å². The second-order valence-electron chi connectivity index (χ2n) is 4.95. The predicted molar refractivity (Wildman–Crippen MR) is 67.0 cm³/mol. The van der Waals surface area contributed by atoms with E-state index in [9.17, 15) is 0 Å². The summed E-state index contributed by atoms with van der Waals surface area (Å²) in [7, 11) is 0. The maximum absolute atomic E-state index is 5.66. The van der Waals surface area contributed by atoms with Crippen molar-refractivity contribution in [2.45, 2.75) is 51.9 Å². The van der Waals surface area contributed by atoms with E-state index in [4.69, 9.17) is 5.73 Å². The highest BCUT2D eigenvalue weighted by Gasteiger charge is 2.16. The topological polar surface area (TPSA) is 29.3 Å². The van der Waals surface area contributed by atoms with Crippen LogP contribution in [0.3, 0.4) is 0 Å². The fraction of sp³-hybridized carbons (Fsp3) is 1.00. The Labute approximate surface area is 95.2 Å². The molecule has 0 unspecified atom stereocenters. The summed E-state index contributed by atoms with van der Waals surface area (Å²) in [6.45, 7) is 6.73. The van der Waals surface area contributed by atoms with Gasteiger partial charge in [-0.2, -0.15) is 0 Å². The standard InChI is InChI=1S/C13H28N2/c1-2-3-10-15(11-9-14)12-13-7-5-4-6-8-13/h13H,2-12,14H2,1H3. The van der Waals surface area contributed by atoms with Crippen LogP contribution in [0.25, 0.3) is 0 Å². The van der Waals surface area contributed by atoms with E-state index >= 15 is 0 Å². The van der Waals surface area contributed by atoms with Gasteiger partial charge in [-0.05, 0) is 31.7 Å². The lowest BCUT2D eigenvalue weighted by molar-refractivity contribution is 0.202. The van der Waals surface area contributed by atoms with E-state index in [1.54, 1.807) is 0 Å². The Hall–Kier alpha value is -0.0800. The molecule has 1 aliphatic rings. The molecule has 2 nitrogen and oxygen atoms in total. The van der Waals surface area contributed by atoms with Crippen molar-refractivity contribution in [3.63, 3.8) is 0 Å². The molecular weight excluding hydrogens is 184 g/mol. The van der Waals surface area contributed by atoms with Crippen LogP contribution in [-0.2, 0) is 0 Å². The van der Waals surface area contributed by atoms with Crippen LogP contribution in [0, 0.1) is 5.92 Å². The first-order valence-electron chi connectivity index (χ1n) is 6.79. The lowest BCUT2D eigenvalue weighted by Crippen LogP contribution is -2.35. The van der Waals surface area contributed by atoms with Crippen LogP contribution < -0.4 is 5.73 Å². The number of rotatable bonds is 7. The van der Waals surface area contributed by atoms with Gasteiger partial charge >= 0.3 is 0 Å². The van der Waals surface area contributed by atoms with Crippen LogP contribution in [-0.4, -0.2) is 31.1 Å². The zero-order valence-electron chi connectivity index (χ0n) is 10.4. The van der Waals surface area contributed by atoms with Crippen LogP contribution in [0.15, 0.2) is 0 Å². The minimum atomic E-state index is 0.816. The average molecular weight is 212 g/mol. The Morgan fingerprint density at radius 1 is 1.13 bits per heavy atom. The monoisotopic (exact) mass is 212 g/mol. The van der Waals surface area contributed by atoms with E-state index in [-0.39, 0.29) is 0 Å². The molecule has 0 spiro atoms. The highest BCUT2D eigenvalue weighted by atomic mass is 15.1. The van der Waals surface area contributed by atoms with Crippen molar-refractivity contribution in [1.82, 2.24) is 4.90 Å². The van der Waals surface area contributed by atoms with E-state index in [1.807, 2.05) is 0 Å². The van der Waals surface area contributed by atoms with Crippen molar-refractivity contribution in [3.05, 3.63) is 0 Å². The highest BCUT2D eigenvalue weighted by Crippen LogP contribution is 2.24. The van der Waals surface area contributed by atoms with Gasteiger partial charge in [0.25, 0.3) is 0 Å². The van der Waals surface area contributed by atoms with Crippen molar-refractivity contribution in [2.24, 2.45) is 11.7 Å². The first-order chi connectivity index (χ1) is 7.36. The smallest absolute Gasteiger partial charge is 0.0105 e. The van der Waals surface area contributed by atoms with E-state index in [0.29, 0.717) is 0 Å². The number of nitrogens with zero attached hydrogens (tertiary/aromatic N) is 1. The molecule has 0 aromatic heterocycles. The summed E-state index contributed by atoms with van der Waals surface area (Å²) in [6.07, 6.45) is 9.89. The Bertz CT molecular complexity index is 141. The van der Waals surface area contributed by atoms with Gasteiger partial charge in [0.2, 0.25) is 0 Å². The first-order valence-corrected chi connectivity index (χ1v) is 6.79. The molecule has 1 saturated carbocycles. The molecule has 1 fully saturated rings. The molecule has 1 aliphatic carbocycles. The molecule has 90 valence electrons. The molecule has 0 aromatic rings. The third-order valence-corrected chi connectivity index (χ3v) is 3.51. The highest BCUT2D eigenvalue weighted by molar-refractivity contribution is 4.70. The van der Waals surface area contributed by atoms with E-state index < -0.39 is 0 Å². The van der Waals surface area contributed by atoms with Crippen LogP contribution in [0.5, 0.6) is 0 Å². The summed E-state index contributed by atoms with van der Waals surface area (Å²) in [5.74, 6) is 0.960. The number of nitrogens with two attached hydrogens (primary N) is 1. The van der Waals surface area contributed by atoms with Gasteiger partial charge in [-0.3, -0.25) is 0 Å². The van der Waals surface area contributed by atoms with Crippen LogP contribution in [0.1, 0.15) is 51.9 Å². The summed E-state index contributed by atoms with van der Waals surface area (Å²) in [5.41, 5.74) is 5.66. The van der Waals surface area contributed by atoms with Gasteiger partial charge in [0.15, 0.2) is 0 Å². The number of hydrogen-bond donors (Lipinski definition) is 1.